The first-order valence-electron chi connectivity index (χ1n) is 6.61. The molecule has 0 radical (unpaired) electrons. The van der Waals surface area contributed by atoms with Crippen molar-refractivity contribution in [1.82, 2.24) is 9.78 Å². The zero-order chi connectivity index (χ0) is 12.8. The molecule has 0 amide bonds. The molecule has 3 heteroatoms. The Kier molecular flexibility index (Phi) is 4.40. The highest BCUT2D eigenvalue weighted by atomic mass is 16.5. The molecule has 0 N–H and O–H groups in total. The van der Waals surface area contributed by atoms with E-state index in [1.54, 1.807) is 0 Å². The highest BCUT2D eigenvalue weighted by molar-refractivity contribution is 5.36. The van der Waals surface area contributed by atoms with Crippen LogP contribution in [0.15, 0.2) is 36.5 Å². The Bertz CT molecular complexity index is 473. The molecule has 0 fully saturated rings. The van der Waals surface area contributed by atoms with Gasteiger partial charge < -0.3 is 4.74 Å². The summed E-state index contributed by atoms with van der Waals surface area (Å²) in [6.45, 7) is 4.88. The summed E-state index contributed by atoms with van der Waals surface area (Å²) in [7, 11) is 0. The normalized spacial score (nSPS) is 10.6. The summed E-state index contributed by atoms with van der Waals surface area (Å²) < 4.78 is 7.34. The molecular weight excluding hydrogens is 224 g/mol. The molecule has 2 aromatic rings. The van der Waals surface area contributed by atoms with Gasteiger partial charge >= 0.3 is 0 Å². The van der Waals surface area contributed by atoms with E-state index in [0.717, 1.165) is 23.6 Å². The first-order chi connectivity index (χ1) is 8.83. The smallest absolute Gasteiger partial charge is 0.119 e. The maximum Gasteiger partial charge on any atom is 0.119 e. The molecule has 18 heavy (non-hydrogen) atoms. The van der Waals surface area contributed by atoms with E-state index in [-0.39, 0.29) is 0 Å². The predicted octanol–water partition coefficient (Wildman–Crippen LogP) is 3.61. The number of nitrogens with zero attached hydrogens (tertiary/aromatic N) is 2. The van der Waals surface area contributed by atoms with Gasteiger partial charge in [0.2, 0.25) is 0 Å². The monoisotopic (exact) mass is 244 g/mol. The average Bonchev–Trinajstić information content (AvgIpc) is 2.86. The Morgan fingerprint density at radius 1 is 1.11 bits per heavy atom. The molecule has 0 atom stereocenters. The van der Waals surface area contributed by atoms with Crippen molar-refractivity contribution in [2.45, 2.75) is 33.1 Å². The fourth-order valence-electron chi connectivity index (χ4n) is 1.86. The fourth-order valence-corrected chi connectivity index (χ4v) is 1.86. The fraction of sp³-hybridized carbons (Fsp3) is 0.400. The molecule has 96 valence electrons. The number of hydrogen-bond donors (Lipinski definition) is 0. The Labute approximate surface area is 108 Å². The van der Waals surface area contributed by atoms with Crippen molar-refractivity contribution >= 4 is 0 Å². The van der Waals surface area contributed by atoms with Crippen LogP contribution in [-0.4, -0.2) is 16.4 Å². The lowest BCUT2D eigenvalue weighted by Crippen LogP contribution is -1.97. The van der Waals surface area contributed by atoms with Crippen LogP contribution in [0.4, 0.5) is 0 Å². The molecule has 0 unspecified atom stereocenters. The molecule has 0 aliphatic rings. The first kappa shape index (κ1) is 12.7. The zero-order valence-corrected chi connectivity index (χ0v) is 11.1. The minimum absolute atomic E-state index is 0.697. The Hall–Kier alpha value is -1.77. The maximum atomic E-state index is 5.43. The van der Waals surface area contributed by atoms with E-state index >= 15 is 0 Å². The second kappa shape index (κ2) is 6.24. The van der Waals surface area contributed by atoms with Gasteiger partial charge in [-0.15, -0.1) is 0 Å². The lowest BCUT2D eigenvalue weighted by Gasteiger charge is -2.05. The van der Waals surface area contributed by atoms with Crippen molar-refractivity contribution in [2.75, 3.05) is 6.61 Å². The third-order valence-electron chi connectivity index (χ3n) is 2.84. The quantitative estimate of drug-likeness (QED) is 0.776. The van der Waals surface area contributed by atoms with Crippen molar-refractivity contribution in [3.05, 3.63) is 42.2 Å². The molecule has 1 heterocycles. The second-order valence-electron chi connectivity index (χ2n) is 4.28. The maximum absolute atomic E-state index is 5.43. The van der Waals surface area contributed by atoms with Gasteiger partial charge in [-0.25, -0.2) is 4.68 Å². The molecule has 0 saturated carbocycles. The van der Waals surface area contributed by atoms with E-state index in [1.807, 2.05) is 42.1 Å². The number of hydrogen-bond acceptors (Lipinski definition) is 2. The molecule has 3 nitrogen and oxygen atoms in total. The van der Waals surface area contributed by atoms with E-state index in [0.29, 0.717) is 6.61 Å². The number of aromatic nitrogens is 2. The number of unbranched alkanes of at least 4 members (excludes halogenated alkanes) is 1. The van der Waals surface area contributed by atoms with Gasteiger partial charge in [0.05, 0.1) is 18.0 Å². The van der Waals surface area contributed by atoms with Crippen LogP contribution < -0.4 is 4.74 Å². The molecule has 0 saturated heterocycles. The number of aryl methyl sites for hydroxylation is 1. The van der Waals surface area contributed by atoms with Gasteiger partial charge in [-0.3, -0.25) is 0 Å². The van der Waals surface area contributed by atoms with E-state index < -0.39 is 0 Å². The van der Waals surface area contributed by atoms with Crippen molar-refractivity contribution in [1.29, 1.82) is 0 Å². The number of ether oxygens (including phenoxy) is 1. The molecule has 1 aromatic heterocycles. The van der Waals surface area contributed by atoms with Crippen molar-refractivity contribution in [3.63, 3.8) is 0 Å². The molecule has 0 aliphatic heterocycles. The van der Waals surface area contributed by atoms with Crippen molar-refractivity contribution in [2.24, 2.45) is 0 Å². The minimum atomic E-state index is 0.697. The van der Waals surface area contributed by atoms with E-state index in [2.05, 4.69) is 18.1 Å². The molecule has 0 bridgehead atoms. The molecule has 1 aromatic carbocycles. The lowest BCUT2D eigenvalue weighted by atomic mass is 10.2. The summed E-state index contributed by atoms with van der Waals surface area (Å²) in [6, 6.07) is 10.1. The second-order valence-corrected chi connectivity index (χ2v) is 4.28. The third kappa shape index (κ3) is 3.13. The van der Waals surface area contributed by atoms with Crippen LogP contribution in [0.25, 0.3) is 5.69 Å². The van der Waals surface area contributed by atoms with Gasteiger partial charge in [-0.05, 0) is 50.1 Å². The Morgan fingerprint density at radius 3 is 2.56 bits per heavy atom. The van der Waals surface area contributed by atoms with Crippen LogP contribution in [0.5, 0.6) is 5.75 Å². The van der Waals surface area contributed by atoms with Crippen LogP contribution in [0.1, 0.15) is 32.4 Å². The molecule has 0 spiro atoms. The summed E-state index contributed by atoms with van der Waals surface area (Å²) in [5.41, 5.74) is 2.23. The van der Waals surface area contributed by atoms with Crippen LogP contribution >= 0.6 is 0 Å². The van der Waals surface area contributed by atoms with Crippen molar-refractivity contribution in [3.8, 4) is 11.4 Å². The summed E-state index contributed by atoms with van der Waals surface area (Å²) in [5.74, 6) is 0.902. The minimum Gasteiger partial charge on any atom is -0.494 e. The van der Waals surface area contributed by atoms with Crippen LogP contribution in [0.2, 0.25) is 0 Å². The third-order valence-corrected chi connectivity index (χ3v) is 2.84. The molecular formula is C15H20N2O. The van der Waals surface area contributed by atoms with E-state index in [9.17, 15) is 0 Å². The Balaban J connectivity index is 2.08. The van der Waals surface area contributed by atoms with Gasteiger partial charge in [0, 0.05) is 6.20 Å². The van der Waals surface area contributed by atoms with Crippen LogP contribution in [0.3, 0.4) is 0 Å². The first-order valence-corrected chi connectivity index (χ1v) is 6.61. The molecule has 0 aliphatic carbocycles. The highest BCUT2D eigenvalue weighted by Crippen LogP contribution is 2.15. The summed E-state index contributed by atoms with van der Waals surface area (Å²) in [6.07, 6.45) is 5.47. The average molecular weight is 244 g/mol. The standard InChI is InChI=1S/C15H20N2O/c1-3-5-6-13-11-12-17(16-13)14-7-9-15(10-8-14)18-4-2/h7-12H,3-6H2,1-2H3. The summed E-state index contributed by atoms with van der Waals surface area (Å²) >= 11 is 0. The molecule has 2 rings (SSSR count). The lowest BCUT2D eigenvalue weighted by molar-refractivity contribution is 0.340. The summed E-state index contributed by atoms with van der Waals surface area (Å²) in [4.78, 5) is 0. The van der Waals surface area contributed by atoms with Gasteiger partial charge in [0.25, 0.3) is 0 Å². The largest absolute Gasteiger partial charge is 0.494 e. The van der Waals surface area contributed by atoms with Crippen LogP contribution in [-0.2, 0) is 6.42 Å². The predicted molar refractivity (Wildman–Crippen MR) is 73.3 cm³/mol. The van der Waals surface area contributed by atoms with E-state index in [1.165, 1.54) is 12.8 Å². The van der Waals surface area contributed by atoms with Gasteiger partial charge in [-0.1, -0.05) is 13.3 Å². The van der Waals surface area contributed by atoms with Gasteiger partial charge in [-0.2, -0.15) is 5.10 Å². The number of rotatable bonds is 6. The van der Waals surface area contributed by atoms with Crippen LogP contribution in [0, 0.1) is 0 Å². The zero-order valence-electron chi connectivity index (χ0n) is 11.1. The highest BCUT2D eigenvalue weighted by Gasteiger charge is 2.01. The number of benzene rings is 1. The SMILES string of the molecule is CCCCc1ccn(-c2ccc(OCC)cc2)n1. The van der Waals surface area contributed by atoms with Crippen molar-refractivity contribution < 1.29 is 4.74 Å². The van der Waals surface area contributed by atoms with E-state index in [4.69, 9.17) is 4.74 Å². The Morgan fingerprint density at radius 2 is 1.89 bits per heavy atom. The summed E-state index contributed by atoms with van der Waals surface area (Å²) in [5, 5.41) is 4.57. The van der Waals surface area contributed by atoms with Gasteiger partial charge in [0.1, 0.15) is 5.75 Å². The topological polar surface area (TPSA) is 27.1 Å². The van der Waals surface area contributed by atoms with Gasteiger partial charge in [0.15, 0.2) is 0 Å².